The summed E-state index contributed by atoms with van der Waals surface area (Å²) in [5.41, 5.74) is 0. The van der Waals surface area contributed by atoms with Crippen LogP contribution in [0.4, 0.5) is 4.20 Å². The molecule has 10 heavy (non-hydrogen) atoms. The van der Waals surface area contributed by atoms with Gasteiger partial charge in [-0.1, -0.05) is 47.8 Å². The van der Waals surface area contributed by atoms with Gasteiger partial charge >= 0.3 is 7.03 Å². The third-order valence-corrected chi connectivity index (χ3v) is 1.79. The Morgan fingerprint density at radius 3 is 2.10 bits per heavy atom. The third kappa shape index (κ3) is 9.85. The van der Waals surface area contributed by atoms with Gasteiger partial charge in [0.25, 0.3) is 0 Å². The Hall–Kier alpha value is 1.85. The van der Waals surface area contributed by atoms with Crippen molar-refractivity contribution >= 4 is 66.1 Å². The Balaban J connectivity index is 3.67. The van der Waals surface area contributed by atoms with E-state index in [1.165, 1.54) is 0 Å². The summed E-state index contributed by atoms with van der Waals surface area (Å²) in [6.07, 6.45) is 0. The lowest BCUT2D eigenvalue weighted by molar-refractivity contribution is 0.314. The zero-order valence-electron chi connectivity index (χ0n) is 4.36. The van der Waals surface area contributed by atoms with Crippen LogP contribution >= 0.6 is 66.1 Å². The van der Waals surface area contributed by atoms with Crippen LogP contribution in [0.1, 0.15) is 0 Å². The van der Waals surface area contributed by atoms with Gasteiger partial charge in [0.15, 0.2) is 2.14 Å². The highest BCUT2D eigenvalue weighted by atomic mass is 80.0. The van der Waals surface area contributed by atoms with Crippen molar-refractivity contribution in [2.24, 2.45) is 0 Å². The number of hydrogen-bond donors (Lipinski definition) is 0. The van der Waals surface area contributed by atoms with E-state index in [0.29, 0.717) is 0 Å². The molecule has 1 unspecified atom stereocenters. The van der Waals surface area contributed by atoms with E-state index in [1.807, 2.05) is 0 Å². The van der Waals surface area contributed by atoms with Crippen molar-refractivity contribution < 1.29 is 13.3 Å². The van der Waals surface area contributed by atoms with Crippen molar-refractivity contribution in [3.05, 3.63) is 0 Å². The van der Waals surface area contributed by atoms with Crippen molar-refractivity contribution in [3.8, 4) is 0 Å². The Morgan fingerprint density at radius 1 is 1.60 bits per heavy atom. The fourth-order valence-electron chi connectivity index (χ4n) is 0.148. The largest absolute Gasteiger partial charge is 0.461 e. The zero-order chi connectivity index (χ0) is 8.41. The Labute approximate surface area is 87.6 Å². The summed E-state index contributed by atoms with van der Waals surface area (Å²) in [6, 6.07) is 0. The van der Waals surface area contributed by atoms with Crippen LogP contribution < -0.4 is 0 Å². The molecule has 2 nitrogen and oxygen atoms in total. The van der Waals surface area contributed by atoms with Gasteiger partial charge < -0.3 is 0 Å². The fourth-order valence-corrected chi connectivity index (χ4v) is 1.51. The highest BCUT2D eigenvalue weighted by molar-refractivity contribution is 9.39. The second kappa shape index (κ2) is 4.19. The summed E-state index contributed by atoms with van der Waals surface area (Å²) in [4.78, 5) is 0. The minimum atomic E-state index is -4.38. The number of rotatable bonds is 2. The molecule has 0 aliphatic rings. The quantitative estimate of drug-likeness (QED) is 0.529. The van der Waals surface area contributed by atoms with Gasteiger partial charge in [-0.3, -0.25) is 4.52 Å². The predicted molar refractivity (Wildman–Crippen MR) is 50.0 cm³/mol. The van der Waals surface area contributed by atoms with E-state index in [0.717, 1.165) is 0 Å². The monoisotopic (exact) mass is 380 g/mol. The molecule has 8 heteroatoms. The summed E-state index contributed by atoms with van der Waals surface area (Å²) in [7, 11) is -4.38. The Kier molecular flexibility index (Phi) is 4.97. The molecule has 0 bridgehead atoms. The molecule has 0 aromatic carbocycles. The average molecular weight is 383 g/mol. The van der Waals surface area contributed by atoms with Crippen molar-refractivity contribution in [2.45, 2.75) is 2.14 Å². The molecule has 0 aliphatic heterocycles. The predicted octanol–water partition coefficient (Wildman–Crippen LogP) is 4.16. The summed E-state index contributed by atoms with van der Waals surface area (Å²) in [5, 5.41) is 0. The van der Waals surface area contributed by atoms with Gasteiger partial charge in [0, 0.05) is 11.2 Å². The second-order valence-corrected chi connectivity index (χ2v) is 10.9. The fraction of sp³-hybridized carbons (Fsp3) is 1.00. The summed E-state index contributed by atoms with van der Waals surface area (Å²) in [6.45, 7) is -0.190. The SMILES string of the molecule is O=P(F)(Cl)OCC(Br)(Br)Br. The maximum absolute atomic E-state index is 12.0. The lowest BCUT2D eigenvalue weighted by Gasteiger charge is -2.10. The third-order valence-electron chi connectivity index (χ3n) is 0.379. The van der Waals surface area contributed by atoms with Crippen LogP contribution in [-0.2, 0) is 9.09 Å². The molecule has 0 aromatic rings. The summed E-state index contributed by atoms with van der Waals surface area (Å²) in [5.74, 6) is 0. The second-order valence-electron chi connectivity index (χ2n) is 1.30. The number of alkyl halides is 3. The van der Waals surface area contributed by atoms with Crippen LogP contribution in [0.25, 0.3) is 0 Å². The molecule has 0 radical (unpaired) electrons. The van der Waals surface area contributed by atoms with Gasteiger partial charge in [0.05, 0.1) is 6.61 Å². The molecule has 0 aliphatic carbocycles. The number of halogens is 5. The first-order valence-corrected chi connectivity index (χ1v) is 6.71. The zero-order valence-corrected chi connectivity index (χ0v) is 10.8. The topological polar surface area (TPSA) is 26.3 Å². The molecule has 0 N–H and O–H groups in total. The Bertz CT molecular complexity index is 153. The van der Waals surface area contributed by atoms with E-state index in [4.69, 9.17) is 0 Å². The average Bonchev–Trinajstić information content (AvgIpc) is 1.57. The van der Waals surface area contributed by atoms with E-state index in [9.17, 15) is 8.76 Å². The molecule has 0 saturated carbocycles. The molecule has 62 valence electrons. The van der Waals surface area contributed by atoms with Gasteiger partial charge in [0.1, 0.15) is 0 Å². The Morgan fingerprint density at radius 2 is 2.00 bits per heavy atom. The molecular formula is C2H2Br3ClFO2P. The molecule has 0 aromatic heterocycles. The van der Waals surface area contributed by atoms with Crippen LogP contribution in [0.3, 0.4) is 0 Å². The summed E-state index contributed by atoms with van der Waals surface area (Å²) >= 11 is 13.6. The van der Waals surface area contributed by atoms with Gasteiger partial charge in [-0.25, -0.2) is 4.57 Å². The van der Waals surface area contributed by atoms with E-state index in [-0.39, 0.29) is 6.61 Å². The molecular weight excluding hydrogens is 381 g/mol. The van der Waals surface area contributed by atoms with Crippen molar-refractivity contribution in [1.82, 2.24) is 0 Å². The van der Waals surface area contributed by atoms with Crippen LogP contribution in [-0.4, -0.2) is 8.75 Å². The molecule has 0 heterocycles. The first-order valence-electron chi connectivity index (χ1n) is 1.91. The molecule has 0 amide bonds. The maximum Gasteiger partial charge on any atom is 0.461 e. The molecule has 0 fully saturated rings. The van der Waals surface area contributed by atoms with Gasteiger partial charge in [0.2, 0.25) is 0 Å². The van der Waals surface area contributed by atoms with Crippen molar-refractivity contribution in [2.75, 3.05) is 6.61 Å². The normalized spacial score (nSPS) is 18.5. The first-order chi connectivity index (χ1) is 4.21. The maximum atomic E-state index is 12.0. The lowest BCUT2D eigenvalue weighted by Crippen LogP contribution is -2.07. The lowest BCUT2D eigenvalue weighted by atomic mass is 10.9. The highest BCUT2D eigenvalue weighted by Gasteiger charge is 2.25. The van der Waals surface area contributed by atoms with Crippen LogP contribution in [0, 0.1) is 0 Å². The summed E-state index contributed by atoms with van der Waals surface area (Å²) < 4.78 is 25.4. The van der Waals surface area contributed by atoms with Gasteiger partial charge in [-0.05, 0) is 0 Å². The standard InChI is InChI=1S/C2H2Br3ClFO2P/c3-2(4,5)1-9-10(6,7)8/h1H2. The first kappa shape index (κ1) is 11.8. The smallest absolute Gasteiger partial charge is 0.290 e. The molecule has 1 atom stereocenters. The van der Waals surface area contributed by atoms with Crippen LogP contribution in [0.5, 0.6) is 0 Å². The van der Waals surface area contributed by atoms with Crippen molar-refractivity contribution in [1.29, 1.82) is 0 Å². The minimum absolute atomic E-state index is 0.190. The van der Waals surface area contributed by atoms with Crippen molar-refractivity contribution in [3.63, 3.8) is 0 Å². The molecule has 0 saturated heterocycles. The highest BCUT2D eigenvalue weighted by Crippen LogP contribution is 2.55. The van der Waals surface area contributed by atoms with E-state index in [2.05, 4.69) is 63.6 Å². The van der Waals surface area contributed by atoms with E-state index < -0.39 is 9.18 Å². The minimum Gasteiger partial charge on any atom is -0.290 e. The van der Waals surface area contributed by atoms with Crippen LogP contribution in [0.15, 0.2) is 0 Å². The van der Waals surface area contributed by atoms with Gasteiger partial charge in [-0.2, -0.15) is 0 Å². The molecule has 0 rings (SSSR count). The molecule has 0 spiro atoms. The van der Waals surface area contributed by atoms with E-state index >= 15 is 0 Å². The number of hydrogen-bond acceptors (Lipinski definition) is 2. The van der Waals surface area contributed by atoms with E-state index in [1.54, 1.807) is 0 Å². The van der Waals surface area contributed by atoms with Gasteiger partial charge in [-0.15, -0.1) is 4.20 Å². The van der Waals surface area contributed by atoms with Crippen LogP contribution in [0.2, 0.25) is 0 Å².